The lowest BCUT2D eigenvalue weighted by molar-refractivity contribution is 0.00578. The lowest BCUT2D eigenvalue weighted by Crippen LogP contribution is -2.41. The molecule has 0 bridgehead atoms. The summed E-state index contributed by atoms with van der Waals surface area (Å²) in [6.45, 7) is 8.09. The fourth-order valence-electron chi connectivity index (χ4n) is 3.15. The van der Waals surface area contributed by atoms with E-state index < -0.39 is 7.12 Å². The SMILES string of the molecule is Cn1ccc(CCCC(=O)c2ccc(B3OC(C)(C)C(C)(C)O3)cc2)cc1=O. The number of benzene rings is 1. The molecule has 1 saturated heterocycles. The van der Waals surface area contributed by atoms with Crippen molar-refractivity contribution < 1.29 is 14.1 Å². The lowest BCUT2D eigenvalue weighted by atomic mass is 9.78. The molecule has 1 aliphatic heterocycles. The number of aromatic nitrogens is 1. The highest BCUT2D eigenvalue weighted by atomic mass is 16.7. The van der Waals surface area contributed by atoms with Crippen molar-refractivity contribution in [2.75, 3.05) is 0 Å². The van der Waals surface area contributed by atoms with Crippen LogP contribution in [0.2, 0.25) is 0 Å². The van der Waals surface area contributed by atoms with Crippen LogP contribution in [0.5, 0.6) is 0 Å². The molecule has 1 aromatic heterocycles. The van der Waals surface area contributed by atoms with Crippen LogP contribution in [0.15, 0.2) is 47.4 Å². The Morgan fingerprint density at radius 2 is 1.64 bits per heavy atom. The van der Waals surface area contributed by atoms with Crippen LogP contribution in [0.1, 0.15) is 56.5 Å². The average Bonchev–Trinajstić information content (AvgIpc) is 2.85. The number of hydrogen-bond acceptors (Lipinski definition) is 4. The quantitative estimate of drug-likeness (QED) is 0.570. The van der Waals surface area contributed by atoms with Crippen molar-refractivity contribution in [2.24, 2.45) is 7.05 Å². The summed E-state index contributed by atoms with van der Waals surface area (Å²) < 4.78 is 13.6. The Kier molecular flexibility index (Phi) is 5.64. The summed E-state index contributed by atoms with van der Waals surface area (Å²) in [5, 5.41) is 0. The second-order valence-corrected chi connectivity index (χ2v) is 8.47. The van der Waals surface area contributed by atoms with Crippen LogP contribution >= 0.6 is 0 Å². The zero-order valence-electron chi connectivity index (χ0n) is 17.3. The Hall–Kier alpha value is -2.18. The first kappa shape index (κ1) is 20.6. The van der Waals surface area contributed by atoms with Crippen molar-refractivity contribution in [3.8, 4) is 0 Å². The van der Waals surface area contributed by atoms with E-state index in [9.17, 15) is 9.59 Å². The predicted octanol–water partition coefficient (Wildman–Crippen LogP) is 2.89. The minimum Gasteiger partial charge on any atom is -0.399 e. The molecule has 0 spiro atoms. The Balaban J connectivity index is 1.57. The maximum Gasteiger partial charge on any atom is 0.494 e. The molecule has 1 fully saturated rings. The van der Waals surface area contributed by atoms with Gasteiger partial charge in [-0.1, -0.05) is 24.3 Å². The number of ketones is 1. The van der Waals surface area contributed by atoms with E-state index in [0.717, 1.165) is 11.0 Å². The molecule has 0 aliphatic carbocycles. The van der Waals surface area contributed by atoms with E-state index in [1.165, 1.54) is 4.57 Å². The molecule has 2 heterocycles. The van der Waals surface area contributed by atoms with Gasteiger partial charge in [-0.2, -0.15) is 0 Å². The van der Waals surface area contributed by atoms with Crippen LogP contribution in [0.25, 0.3) is 0 Å². The topological polar surface area (TPSA) is 57.5 Å². The maximum atomic E-state index is 12.5. The number of pyridine rings is 1. The molecule has 28 heavy (non-hydrogen) atoms. The van der Waals surface area contributed by atoms with Gasteiger partial charge in [0.1, 0.15) is 0 Å². The second-order valence-electron chi connectivity index (χ2n) is 8.47. The van der Waals surface area contributed by atoms with Gasteiger partial charge in [-0.15, -0.1) is 0 Å². The third kappa shape index (κ3) is 4.28. The molecule has 148 valence electrons. The number of hydrogen-bond donors (Lipinski definition) is 0. The average molecular weight is 381 g/mol. The predicted molar refractivity (Wildman–Crippen MR) is 111 cm³/mol. The molecule has 6 heteroatoms. The summed E-state index contributed by atoms with van der Waals surface area (Å²) in [6.07, 6.45) is 3.64. The van der Waals surface area contributed by atoms with Gasteiger partial charge >= 0.3 is 7.12 Å². The fraction of sp³-hybridized carbons (Fsp3) is 0.455. The number of carbonyl (C=O) groups is 1. The van der Waals surface area contributed by atoms with Crippen molar-refractivity contribution in [2.45, 2.75) is 58.2 Å². The van der Waals surface area contributed by atoms with Crippen molar-refractivity contribution in [3.05, 3.63) is 64.1 Å². The Labute approximate surface area is 166 Å². The number of aryl methyl sites for hydroxylation is 2. The fourth-order valence-corrected chi connectivity index (χ4v) is 3.15. The smallest absolute Gasteiger partial charge is 0.399 e. The van der Waals surface area contributed by atoms with Crippen LogP contribution in [0.4, 0.5) is 0 Å². The van der Waals surface area contributed by atoms with E-state index in [2.05, 4.69) is 0 Å². The molecular formula is C22H28BNO4. The van der Waals surface area contributed by atoms with E-state index >= 15 is 0 Å². The molecule has 0 radical (unpaired) electrons. The third-order valence-corrected chi connectivity index (χ3v) is 5.80. The van der Waals surface area contributed by atoms with E-state index in [0.29, 0.717) is 24.8 Å². The van der Waals surface area contributed by atoms with E-state index in [4.69, 9.17) is 9.31 Å². The molecule has 1 aliphatic rings. The molecule has 3 rings (SSSR count). The molecule has 0 amide bonds. The highest BCUT2D eigenvalue weighted by Gasteiger charge is 2.51. The van der Waals surface area contributed by atoms with Crippen molar-refractivity contribution in [3.63, 3.8) is 0 Å². The zero-order chi connectivity index (χ0) is 20.5. The Bertz CT molecular complexity index is 899. The summed E-state index contributed by atoms with van der Waals surface area (Å²) in [6, 6.07) is 11.0. The van der Waals surface area contributed by atoms with E-state index in [1.54, 1.807) is 19.3 Å². The number of rotatable bonds is 6. The molecule has 0 N–H and O–H groups in total. The first-order valence-corrected chi connectivity index (χ1v) is 9.73. The van der Waals surface area contributed by atoms with Crippen LogP contribution in [0, 0.1) is 0 Å². The van der Waals surface area contributed by atoms with Crippen LogP contribution in [0.3, 0.4) is 0 Å². The van der Waals surface area contributed by atoms with Gasteiger partial charge in [0, 0.05) is 31.3 Å². The summed E-state index contributed by atoms with van der Waals surface area (Å²) in [5.74, 6) is 0.101. The molecule has 1 aromatic carbocycles. The highest BCUT2D eigenvalue weighted by molar-refractivity contribution is 6.62. The first-order valence-electron chi connectivity index (χ1n) is 9.73. The summed E-state index contributed by atoms with van der Waals surface area (Å²) in [4.78, 5) is 24.1. The second kappa shape index (κ2) is 7.68. The van der Waals surface area contributed by atoms with Gasteiger partial charge in [-0.25, -0.2) is 0 Å². The summed E-state index contributed by atoms with van der Waals surface area (Å²) in [5.41, 5.74) is 1.77. The van der Waals surface area contributed by atoms with E-state index in [1.807, 2.05) is 58.0 Å². The van der Waals surface area contributed by atoms with E-state index in [-0.39, 0.29) is 22.5 Å². The highest BCUT2D eigenvalue weighted by Crippen LogP contribution is 2.36. The first-order chi connectivity index (χ1) is 13.1. The van der Waals surface area contributed by atoms with Crippen LogP contribution in [-0.2, 0) is 22.8 Å². The maximum absolute atomic E-state index is 12.5. The molecule has 2 aromatic rings. The summed E-state index contributed by atoms with van der Waals surface area (Å²) >= 11 is 0. The third-order valence-electron chi connectivity index (χ3n) is 5.80. The molecule has 0 saturated carbocycles. The Morgan fingerprint density at radius 1 is 1.04 bits per heavy atom. The van der Waals surface area contributed by atoms with Crippen LogP contribution in [-0.4, -0.2) is 28.7 Å². The minimum atomic E-state index is -0.421. The lowest BCUT2D eigenvalue weighted by Gasteiger charge is -2.32. The monoisotopic (exact) mass is 381 g/mol. The standard InChI is InChI=1S/C22H28BNO4/c1-21(2)22(3,4)28-23(27-21)18-11-9-17(10-12-18)19(25)8-6-7-16-13-14-24(5)20(26)15-16/h9-15H,6-8H2,1-5H3. The minimum absolute atomic E-state index is 0.0258. The van der Waals surface area contributed by atoms with Gasteiger partial charge in [0.25, 0.3) is 5.56 Å². The van der Waals surface area contributed by atoms with Gasteiger partial charge in [0.15, 0.2) is 5.78 Å². The molecule has 0 atom stereocenters. The number of Topliss-reactive ketones (excluding diaryl/α,β-unsaturated/α-hetero) is 1. The van der Waals surface area contributed by atoms with Gasteiger partial charge in [-0.3, -0.25) is 9.59 Å². The largest absolute Gasteiger partial charge is 0.494 e. The number of nitrogens with zero attached hydrogens (tertiary/aromatic N) is 1. The van der Waals surface area contributed by atoms with Gasteiger partial charge in [0.05, 0.1) is 11.2 Å². The van der Waals surface area contributed by atoms with Gasteiger partial charge in [0.2, 0.25) is 0 Å². The molecule has 0 unspecified atom stereocenters. The Morgan fingerprint density at radius 3 is 2.21 bits per heavy atom. The van der Waals surface area contributed by atoms with Crippen molar-refractivity contribution in [1.82, 2.24) is 4.57 Å². The van der Waals surface area contributed by atoms with Gasteiger partial charge < -0.3 is 13.9 Å². The number of carbonyl (C=O) groups excluding carboxylic acids is 1. The normalized spacial score (nSPS) is 17.7. The van der Waals surface area contributed by atoms with Gasteiger partial charge in [-0.05, 0) is 57.6 Å². The van der Waals surface area contributed by atoms with Crippen LogP contribution < -0.4 is 11.0 Å². The molecular weight excluding hydrogens is 353 g/mol. The zero-order valence-corrected chi connectivity index (χ0v) is 17.3. The summed E-state index contributed by atoms with van der Waals surface area (Å²) in [7, 11) is 1.30. The van der Waals surface area contributed by atoms with Crippen molar-refractivity contribution >= 4 is 18.4 Å². The van der Waals surface area contributed by atoms with Crippen molar-refractivity contribution in [1.29, 1.82) is 0 Å². The molecule has 5 nitrogen and oxygen atoms in total.